The predicted molar refractivity (Wildman–Crippen MR) is 92.6 cm³/mol. The molecule has 0 amide bonds. The van der Waals surface area contributed by atoms with Crippen LogP contribution in [0.25, 0.3) is 0 Å². The maximum absolute atomic E-state index is 13.3. The molecule has 0 atom stereocenters. The Bertz CT molecular complexity index is 932. The number of ketones is 2. The molecule has 0 unspecified atom stereocenters. The fourth-order valence-electron chi connectivity index (χ4n) is 2.16. The van der Waals surface area contributed by atoms with Gasteiger partial charge in [0.05, 0.1) is 10.6 Å². The van der Waals surface area contributed by atoms with Crippen molar-refractivity contribution in [2.45, 2.75) is 26.7 Å². The number of nitrogen functional groups attached to an aromatic ring is 1. The SMILES string of the molecule is CC(=O)Cc1c(F)ccc(N)c1F.CC(=O)Cc1c(F)ccc([N+](=O)[O-])c1F. The first kappa shape index (κ1) is 22.7. The zero-order valence-electron chi connectivity index (χ0n) is 14.9. The molecule has 0 aliphatic heterocycles. The smallest absolute Gasteiger partial charge is 0.305 e. The van der Waals surface area contributed by atoms with Crippen molar-refractivity contribution < 1.29 is 32.1 Å². The Morgan fingerprint density at radius 1 is 0.893 bits per heavy atom. The van der Waals surface area contributed by atoms with Gasteiger partial charge in [-0.2, -0.15) is 4.39 Å². The van der Waals surface area contributed by atoms with Crippen LogP contribution in [-0.2, 0) is 22.4 Å². The van der Waals surface area contributed by atoms with E-state index >= 15 is 0 Å². The molecule has 0 saturated carbocycles. The molecule has 2 aromatic rings. The van der Waals surface area contributed by atoms with E-state index in [1.54, 1.807) is 0 Å². The highest BCUT2D eigenvalue weighted by atomic mass is 19.1. The van der Waals surface area contributed by atoms with E-state index in [1.807, 2.05) is 0 Å². The van der Waals surface area contributed by atoms with Crippen LogP contribution < -0.4 is 5.73 Å². The lowest BCUT2D eigenvalue weighted by Crippen LogP contribution is -2.05. The average Bonchev–Trinajstić information content (AvgIpc) is 2.58. The molecule has 0 heterocycles. The zero-order chi connectivity index (χ0) is 21.6. The number of carbonyl (C=O) groups excluding carboxylic acids is 2. The van der Waals surface area contributed by atoms with E-state index in [0.29, 0.717) is 0 Å². The molecule has 0 aliphatic carbocycles. The summed E-state index contributed by atoms with van der Waals surface area (Å²) in [6, 6.07) is 3.69. The summed E-state index contributed by atoms with van der Waals surface area (Å²) in [6.07, 6.45) is -0.748. The van der Waals surface area contributed by atoms with Crippen LogP contribution in [-0.4, -0.2) is 16.5 Å². The van der Waals surface area contributed by atoms with E-state index in [1.165, 1.54) is 6.92 Å². The number of anilines is 1. The third-order valence-corrected chi connectivity index (χ3v) is 3.43. The van der Waals surface area contributed by atoms with E-state index in [9.17, 15) is 37.3 Å². The van der Waals surface area contributed by atoms with E-state index in [-0.39, 0.29) is 23.5 Å². The average molecular weight is 400 g/mol. The summed E-state index contributed by atoms with van der Waals surface area (Å²) in [5, 5.41) is 10.3. The van der Waals surface area contributed by atoms with Crippen LogP contribution in [0.1, 0.15) is 25.0 Å². The number of rotatable bonds is 5. The molecular formula is C18H16F4N2O4. The quantitative estimate of drug-likeness (QED) is 0.357. The predicted octanol–water partition coefficient (Wildman–Crippen LogP) is 3.68. The van der Waals surface area contributed by atoms with Gasteiger partial charge in [0.2, 0.25) is 5.82 Å². The Morgan fingerprint density at radius 3 is 1.75 bits per heavy atom. The molecule has 2 rings (SSSR count). The third kappa shape index (κ3) is 5.86. The molecule has 0 fully saturated rings. The van der Waals surface area contributed by atoms with Crippen LogP contribution in [0.3, 0.4) is 0 Å². The van der Waals surface area contributed by atoms with Gasteiger partial charge in [-0.15, -0.1) is 0 Å². The molecule has 28 heavy (non-hydrogen) atoms. The maximum atomic E-state index is 13.3. The number of hydrogen-bond donors (Lipinski definition) is 1. The van der Waals surface area contributed by atoms with Crippen LogP contribution in [0, 0.1) is 33.4 Å². The first-order chi connectivity index (χ1) is 13.0. The molecule has 150 valence electrons. The number of nitro groups is 1. The Kier molecular flexibility index (Phi) is 7.78. The third-order valence-electron chi connectivity index (χ3n) is 3.43. The Balaban J connectivity index is 0.000000283. The fourth-order valence-corrected chi connectivity index (χ4v) is 2.16. The van der Waals surface area contributed by atoms with Gasteiger partial charge in [-0.05, 0) is 32.0 Å². The molecule has 6 nitrogen and oxygen atoms in total. The number of nitrogens with zero attached hydrogens (tertiary/aromatic N) is 1. The second-order valence-corrected chi connectivity index (χ2v) is 5.80. The minimum atomic E-state index is -1.28. The molecule has 0 aliphatic rings. The summed E-state index contributed by atoms with van der Waals surface area (Å²) < 4.78 is 52.4. The van der Waals surface area contributed by atoms with Gasteiger partial charge >= 0.3 is 5.69 Å². The standard InChI is InChI=1S/C9H7F2NO3.C9H9F2NO/c1-5(13)4-6-7(10)2-3-8(9(6)11)12(14)15;1-5(13)4-6-7(10)2-3-8(12)9(6)11/h2-3H,4H2,1H3;2-3H,4,12H2,1H3. The molecule has 0 spiro atoms. The molecule has 2 N–H and O–H groups in total. The minimum absolute atomic E-state index is 0.141. The number of nitrogens with two attached hydrogens (primary N) is 1. The lowest BCUT2D eigenvalue weighted by molar-refractivity contribution is -0.387. The second-order valence-electron chi connectivity index (χ2n) is 5.80. The van der Waals surface area contributed by atoms with E-state index in [4.69, 9.17) is 5.73 Å². The van der Waals surface area contributed by atoms with Crippen molar-refractivity contribution in [3.05, 3.63) is 68.8 Å². The summed E-state index contributed by atoms with van der Waals surface area (Å²) in [6.45, 7) is 2.42. The molecule has 0 aromatic heterocycles. The maximum Gasteiger partial charge on any atom is 0.305 e. The zero-order valence-corrected chi connectivity index (χ0v) is 14.9. The van der Waals surface area contributed by atoms with Crippen molar-refractivity contribution in [2.75, 3.05) is 5.73 Å². The van der Waals surface area contributed by atoms with Crippen LogP contribution in [0.2, 0.25) is 0 Å². The van der Waals surface area contributed by atoms with Gasteiger partial charge in [-0.25, -0.2) is 13.2 Å². The van der Waals surface area contributed by atoms with Gasteiger partial charge in [0.15, 0.2) is 5.82 Å². The van der Waals surface area contributed by atoms with E-state index in [0.717, 1.165) is 31.2 Å². The first-order valence-corrected chi connectivity index (χ1v) is 7.78. The van der Waals surface area contributed by atoms with Crippen molar-refractivity contribution in [3.63, 3.8) is 0 Å². The minimum Gasteiger partial charge on any atom is -0.396 e. The molecule has 2 aromatic carbocycles. The Hall–Kier alpha value is -3.30. The highest BCUT2D eigenvalue weighted by molar-refractivity contribution is 5.79. The number of Topliss-reactive ketones (excluding diaryl/α,β-unsaturated/α-hetero) is 2. The highest BCUT2D eigenvalue weighted by Gasteiger charge is 2.21. The van der Waals surface area contributed by atoms with Crippen molar-refractivity contribution in [3.8, 4) is 0 Å². The van der Waals surface area contributed by atoms with Crippen LogP contribution in [0.15, 0.2) is 24.3 Å². The van der Waals surface area contributed by atoms with Crippen LogP contribution >= 0.6 is 0 Å². The van der Waals surface area contributed by atoms with Crippen molar-refractivity contribution in [1.82, 2.24) is 0 Å². The normalized spacial score (nSPS) is 10.1. The summed E-state index contributed by atoms with van der Waals surface area (Å²) in [5.74, 6) is -4.57. The Morgan fingerprint density at radius 2 is 1.32 bits per heavy atom. The summed E-state index contributed by atoms with van der Waals surface area (Å²) in [4.78, 5) is 30.7. The first-order valence-electron chi connectivity index (χ1n) is 7.78. The van der Waals surface area contributed by atoms with Crippen molar-refractivity contribution >= 4 is 22.9 Å². The number of hydrogen-bond acceptors (Lipinski definition) is 5. The fraction of sp³-hybridized carbons (Fsp3) is 0.222. The second kappa shape index (κ2) is 9.58. The van der Waals surface area contributed by atoms with E-state index in [2.05, 4.69) is 0 Å². The molecule has 0 radical (unpaired) electrons. The largest absolute Gasteiger partial charge is 0.396 e. The van der Waals surface area contributed by atoms with Gasteiger partial charge in [-0.1, -0.05) is 0 Å². The monoisotopic (exact) mass is 400 g/mol. The van der Waals surface area contributed by atoms with Gasteiger partial charge in [-0.3, -0.25) is 19.7 Å². The lowest BCUT2D eigenvalue weighted by Gasteiger charge is -2.04. The topological polar surface area (TPSA) is 103 Å². The highest BCUT2D eigenvalue weighted by Crippen LogP contribution is 2.23. The van der Waals surface area contributed by atoms with Crippen molar-refractivity contribution in [1.29, 1.82) is 0 Å². The molecule has 10 heteroatoms. The lowest BCUT2D eigenvalue weighted by atomic mass is 10.1. The van der Waals surface area contributed by atoms with Crippen LogP contribution in [0.5, 0.6) is 0 Å². The number of carbonyl (C=O) groups is 2. The van der Waals surface area contributed by atoms with Gasteiger partial charge in [0.25, 0.3) is 0 Å². The Labute approximate surface area is 157 Å². The summed E-state index contributed by atoms with van der Waals surface area (Å²) in [5.41, 5.74) is 3.43. The molecule has 0 bridgehead atoms. The van der Waals surface area contributed by atoms with Gasteiger partial charge < -0.3 is 5.73 Å². The summed E-state index contributed by atoms with van der Waals surface area (Å²) in [7, 11) is 0. The molecule has 0 saturated heterocycles. The van der Waals surface area contributed by atoms with Crippen molar-refractivity contribution in [2.24, 2.45) is 0 Å². The number of halogens is 4. The number of benzene rings is 2. The van der Waals surface area contributed by atoms with Crippen LogP contribution in [0.4, 0.5) is 28.9 Å². The van der Waals surface area contributed by atoms with Gasteiger partial charge in [0.1, 0.15) is 23.2 Å². The molecular weight excluding hydrogens is 384 g/mol. The van der Waals surface area contributed by atoms with Gasteiger partial charge in [0, 0.05) is 30.0 Å². The summed E-state index contributed by atoms with van der Waals surface area (Å²) >= 11 is 0. The number of nitro benzene ring substituents is 1. The van der Waals surface area contributed by atoms with E-state index < -0.39 is 51.6 Å².